The Kier molecular flexibility index (Phi) is 10.5. The minimum atomic E-state index is 0.274. The zero-order chi connectivity index (χ0) is 13.1. The van der Waals surface area contributed by atoms with Crippen molar-refractivity contribution in [1.29, 1.82) is 0 Å². The molecule has 102 valence electrons. The molecular weight excluding hydrogens is 236 g/mol. The molecule has 0 unspecified atom stereocenters. The minimum Gasteiger partial charge on any atom is -0.382 e. The van der Waals surface area contributed by atoms with Gasteiger partial charge in [-0.1, -0.05) is 0 Å². The van der Waals surface area contributed by atoms with Crippen LogP contribution in [0.5, 0.6) is 0 Å². The zero-order valence-electron chi connectivity index (χ0n) is 11.5. The van der Waals surface area contributed by atoms with Crippen molar-refractivity contribution in [3.8, 4) is 0 Å². The summed E-state index contributed by atoms with van der Waals surface area (Å²) in [6, 6.07) is 0. The standard InChI is InChI=1S/C12H26N2O2S/c1-5-15-9-6-7-13-12(17)14(4)8-10-16-11(2)3/h11H,5-10H2,1-4H3,(H,13,17). The summed E-state index contributed by atoms with van der Waals surface area (Å²) in [5, 5.41) is 3.97. The van der Waals surface area contributed by atoms with E-state index in [0.717, 1.165) is 37.8 Å². The molecule has 0 aromatic carbocycles. The van der Waals surface area contributed by atoms with E-state index in [1.165, 1.54) is 0 Å². The fourth-order valence-corrected chi connectivity index (χ4v) is 1.37. The summed E-state index contributed by atoms with van der Waals surface area (Å²) in [6.07, 6.45) is 1.25. The summed E-state index contributed by atoms with van der Waals surface area (Å²) in [7, 11) is 1.97. The van der Waals surface area contributed by atoms with Crippen LogP contribution < -0.4 is 5.32 Å². The van der Waals surface area contributed by atoms with Crippen molar-refractivity contribution < 1.29 is 9.47 Å². The van der Waals surface area contributed by atoms with Crippen LogP contribution in [-0.4, -0.2) is 56.1 Å². The lowest BCUT2D eigenvalue weighted by atomic mass is 10.4. The molecule has 0 saturated carbocycles. The van der Waals surface area contributed by atoms with Gasteiger partial charge in [0.1, 0.15) is 0 Å². The van der Waals surface area contributed by atoms with Crippen LogP contribution in [-0.2, 0) is 9.47 Å². The third-order valence-corrected chi connectivity index (χ3v) is 2.63. The molecule has 0 bridgehead atoms. The Morgan fingerprint density at radius 3 is 2.65 bits per heavy atom. The van der Waals surface area contributed by atoms with Crippen LogP contribution >= 0.6 is 12.2 Å². The van der Waals surface area contributed by atoms with Gasteiger partial charge in [0.15, 0.2) is 5.11 Å². The normalized spacial score (nSPS) is 10.6. The molecule has 0 saturated heterocycles. The summed E-state index contributed by atoms with van der Waals surface area (Å²) >= 11 is 5.25. The Balaban J connectivity index is 3.47. The molecule has 0 atom stereocenters. The van der Waals surface area contributed by atoms with Gasteiger partial charge in [-0.3, -0.25) is 0 Å². The van der Waals surface area contributed by atoms with Gasteiger partial charge in [-0.25, -0.2) is 0 Å². The van der Waals surface area contributed by atoms with E-state index >= 15 is 0 Å². The van der Waals surface area contributed by atoms with Crippen LogP contribution in [0.4, 0.5) is 0 Å². The Morgan fingerprint density at radius 2 is 2.06 bits per heavy atom. The third-order valence-electron chi connectivity index (χ3n) is 2.17. The van der Waals surface area contributed by atoms with E-state index in [-0.39, 0.29) is 6.10 Å². The number of rotatable bonds is 9. The average Bonchev–Trinajstić information content (AvgIpc) is 2.27. The highest BCUT2D eigenvalue weighted by Crippen LogP contribution is 1.91. The van der Waals surface area contributed by atoms with Gasteiger partial charge < -0.3 is 19.7 Å². The van der Waals surface area contributed by atoms with Gasteiger partial charge in [0.05, 0.1) is 12.7 Å². The molecule has 0 aliphatic heterocycles. The van der Waals surface area contributed by atoms with Crippen LogP contribution in [0, 0.1) is 0 Å². The van der Waals surface area contributed by atoms with Crippen molar-refractivity contribution in [3.63, 3.8) is 0 Å². The number of ether oxygens (including phenoxy) is 2. The quantitative estimate of drug-likeness (QED) is 0.505. The van der Waals surface area contributed by atoms with Crippen LogP contribution in [0.3, 0.4) is 0 Å². The zero-order valence-corrected chi connectivity index (χ0v) is 12.3. The second-order valence-corrected chi connectivity index (χ2v) is 4.51. The summed E-state index contributed by atoms with van der Waals surface area (Å²) in [5.41, 5.74) is 0. The number of nitrogens with zero attached hydrogens (tertiary/aromatic N) is 1. The van der Waals surface area contributed by atoms with E-state index in [1.807, 2.05) is 32.7 Å². The van der Waals surface area contributed by atoms with Gasteiger partial charge in [-0.2, -0.15) is 0 Å². The first-order valence-corrected chi connectivity index (χ1v) is 6.67. The van der Waals surface area contributed by atoms with Crippen LogP contribution in [0.2, 0.25) is 0 Å². The second kappa shape index (κ2) is 10.7. The van der Waals surface area contributed by atoms with Crippen molar-refractivity contribution in [2.75, 3.05) is 40.0 Å². The predicted octanol–water partition coefficient (Wildman–Crippen LogP) is 1.64. The number of nitrogens with one attached hydrogen (secondary N) is 1. The van der Waals surface area contributed by atoms with Crippen LogP contribution in [0.25, 0.3) is 0 Å². The largest absolute Gasteiger partial charge is 0.382 e. The molecule has 0 aliphatic rings. The predicted molar refractivity (Wildman–Crippen MR) is 75.4 cm³/mol. The monoisotopic (exact) mass is 262 g/mol. The second-order valence-electron chi connectivity index (χ2n) is 4.12. The molecule has 1 N–H and O–H groups in total. The highest BCUT2D eigenvalue weighted by atomic mass is 32.1. The molecule has 0 rings (SSSR count). The fraction of sp³-hybridized carbons (Fsp3) is 0.917. The lowest BCUT2D eigenvalue weighted by Gasteiger charge is -2.21. The maximum atomic E-state index is 5.47. The van der Waals surface area contributed by atoms with Crippen LogP contribution in [0.1, 0.15) is 27.2 Å². The summed E-state index contributed by atoms with van der Waals surface area (Å²) in [4.78, 5) is 2.00. The Hall–Kier alpha value is -0.390. The number of hydrogen-bond donors (Lipinski definition) is 1. The van der Waals surface area contributed by atoms with E-state index in [9.17, 15) is 0 Å². The molecule has 0 spiro atoms. The number of thiocarbonyl (C=S) groups is 1. The molecule has 0 aliphatic carbocycles. The molecular formula is C12H26N2O2S. The summed E-state index contributed by atoms with van der Waals surface area (Å²) < 4.78 is 10.7. The SMILES string of the molecule is CCOCCCNC(=S)N(C)CCOC(C)C. The first-order chi connectivity index (χ1) is 8.07. The van der Waals surface area contributed by atoms with E-state index in [0.29, 0.717) is 6.61 Å². The van der Waals surface area contributed by atoms with Crippen molar-refractivity contribution in [2.45, 2.75) is 33.3 Å². The maximum Gasteiger partial charge on any atom is 0.168 e. The molecule has 0 radical (unpaired) electrons. The first-order valence-electron chi connectivity index (χ1n) is 6.26. The molecule has 17 heavy (non-hydrogen) atoms. The molecule has 0 aromatic heterocycles. The molecule has 4 nitrogen and oxygen atoms in total. The van der Waals surface area contributed by atoms with Crippen LogP contribution in [0.15, 0.2) is 0 Å². The first kappa shape index (κ1) is 16.6. The van der Waals surface area contributed by atoms with E-state index in [4.69, 9.17) is 21.7 Å². The average molecular weight is 262 g/mol. The Labute approximate surface area is 111 Å². The highest BCUT2D eigenvalue weighted by molar-refractivity contribution is 7.80. The fourth-order valence-electron chi connectivity index (χ4n) is 1.18. The Bertz CT molecular complexity index is 201. The van der Waals surface area contributed by atoms with Gasteiger partial charge >= 0.3 is 0 Å². The van der Waals surface area contributed by atoms with Crippen molar-refractivity contribution in [2.24, 2.45) is 0 Å². The molecule has 0 fully saturated rings. The third kappa shape index (κ3) is 10.5. The van der Waals surface area contributed by atoms with Gasteiger partial charge in [0, 0.05) is 33.4 Å². The molecule has 0 aromatic rings. The maximum absolute atomic E-state index is 5.47. The summed E-state index contributed by atoms with van der Waals surface area (Å²) in [6.45, 7) is 10.00. The van der Waals surface area contributed by atoms with E-state index in [1.54, 1.807) is 0 Å². The number of likely N-dealkylation sites (N-methyl/N-ethyl adjacent to an activating group) is 1. The lowest BCUT2D eigenvalue weighted by molar-refractivity contribution is 0.0724. The highest BCUT2D eigenvalue weighted by Gasteiger charge is 2.03. The topological polar surface area (TPSA) is 33.7 Å². The summed E-state index contributed by atoms with van der Waals surface area (Å²) in [5.74, 6) is 0. The Morgan fingerprint density at radius 1 is 1.35 bits per heavy atom. The number of hydrogen-bond acceptors (Lipinski definition) is 3. The molecule has 0 heterocycles. The van der Waals surface area contributed by atoms with Gasteiger partial charge in [-0.05, 0) is 39.4 Å². The van der Waals surface area contributed by atoms with Gasteiger partial charge in [0.2, 0.25) is 0 Å². The van der Waals surface area contributed by atoms with Crippen molar-refractivity contribution >= 4 is 17.3 Å². The smallest absolute Gasteiger partial charge is 0.168 e. The van der Waals surface area contributed by atoms with E-state index in [2.05, 4.69) is 5.32 Å². The van der Waals surface area contributed by atoms with Crippen molar-refractivity contribution in [1.82, 2.24) is 10.2 Å². The van der Waals surface area contributed by atoms with Gasteiger partial charge in [0.25, 0.3) is 0 Å². The molecule has 5 heteroatoms. The van der Waals surface area contributed by atoms with Crippen molar-refractivity contribution in [3.05, 3.63) is 0 Å². The lowest BCUT2D eigenvalue weighted by Crippen LogP contribution is -2.39. The van der Waals surface area contributed by atoms with E-state index < -0.39 is 0 Å². The minimum absolute atomic E-state index is 0.274. The molecule has 0 amide bonds. The van der Waals surface area contributed by atoms with Gasteiger partial charge in [-0.15, -0.1) is 0 Å².